The van der Waals surface area contributed by atoms with Crippen molar-refractivity contribution in [2.45, 2.75) is 43.9 Å². The fraction of sp³-hybridized carbons (Fsp3) is 0.444. The van der Waals surface area contributed by atoms with Crippen LogP contribution in [0, 0.1) is 17.6 Å². The van der Waals surface area contributed by atoms with Gasteiger partial charge in [-0.25, -0.2) is 8.78 Å². The maximum Gasteiger partial charge on any atom is 0.406 e. The van der Waals surface area contributed by atoms with Crippen molar-refractivity contribution >= 4 is 23.2 Å². The van der Waals surface area contributed by atoms with Gasteiger partial charge in [-0.15, -0.1) is 10.2 Å². The molecule has 1 aliphatic carbocycles. The minimum atomic E-state index is -4.53. The van der Waals surface area contributed by atoms with Crippen molar-refractivity contribution < 1.29 is 36.6 Å². The molecule has 10 nitrogen and oxygen atoms in total. The number of nitrogens with zero attached hydrogens (tertiary/aromatic N) is 6. The highest BCUT2D eigenvalue weighted by molar-refractivity contribution is 7.14. The number of amides is 2. The summed E-state index contributed by atoms with van der Waals surface area (Å²) >= 11 is 0.964. The summed E-state index contributed by atoms with van der Waals surface area (Å²) in [6.45, 7) is -1.36. The lowest BCUT2D eigenvalue weighted by Gasteiger charge is -2.55. The molecule has 2 amide bonds. The molecule has 1 N–H and O–H groups in total. The number of fused-ring (bicyclic) bond motifs is 1. The normalized spacial score (nSPS) is 20.5. The summed E-state index contributed by atoms with van der Waals surface area (Å²) in [4.78, 5) is 41.4. The molecule has 1 fully saturated rings. The average Bonchev–Trinajstić information content (AvgIpc) is 3.41. The van der Waals surface area contributed by atoms with Crippen LogP contribution >= 0.6 is 11.3 Å². The van der Waals surface area contributed by atoms with Crippen molar-refractivity contribution in [3.05, 3.63) is 62.5 Å². The van der Waals surface area contributed by atoms with Gasteiger partial charge in [0.15, 0.2) is 16.5 Å². The van der Waals surface area contributed by atoms with Gasteiger partial charge in [-0.3, -0.25) is 24.1 Å². The van der Waals surface area contributed by atoms with Crippen LogP contribution in [-0.2, 0) is 11.2 Å². The van der Waals surface area contributed by atoms with E-state index in [0.717, 1.165) is 30.5 Å². The first kappa shape index (κ1) is 30.4. The highest BCUT2D eigenvalue weighted by Gasteiger charge is 2.51. The zero-order chi connectivity index (χ0) is 31.4. The van der Waals surface area contributed by atoms with Crippen LogP contribution in [0.5, 0.6) is 5.75 Å². The number of aromatic nitrogens is 3. The Morgan fingerprint density at radius 1 is 1.16 bits per heavy atom. The Kier molecular flexibility index (Phi) is 7.69. The molecule has 0 unspecified atom stereocenters. The van der Waals surface area contributed by atoms with Gasteiger partial charge in [0.25, 0.3) is 5.91 Å². The summed E-state index contributed by atoms with van der Waals surface area (Å²) in [6, 6.07) is 3.13. The van der Waals surface area contributed by atoms with Crippen molar-refractivity contribution in [3.63, 3.8) is 0 Å². The van der Waals surface area contributed by atoms with Gasteiger partial charge in [0.1, 0.15) is 28.8 Å². The van der Waals surface area contributed by atoms with E-state index < -0.39 is 58.9 Å². The van der Waals surface area contributed by atoms with Gasteiger partial charge in [0.2, 0.25) is 11.3 Å². The Bertz CT molecular complexity index is 1650. The predicted molar refractivity (Wildman–Crippen MR) is 145 cm³/mol. The average molecular weight is 627 g/mol. The van der Waals surface area contributed by atoms with Gasteiger partial charge < -0.3 is 14.9 Å². The van der Waals surface area contributed by atoms with E-state index in [9.17, 15) is 41.4 Å². The smallest absolute Gasteiger partial charge is 0.406 e. The van der Waals surface area contributed by atoms with Crippen LogP contribution in [0.1, 0.15) is 46.7 Å². The fourth-order valence-corrected chi connectivity index (χ4v) is 6.72. The minimum Gasteiger partial charge on any atom is -0.502 e. The maximum absolute atomic E-state index is 14.2. The zero-order valence-electron chi connectivity index (χ0n) is 23.3. The number of pyridine rings is 1. The Hall–Kier alpha value is -4.08. The van der Waals surface area contributed by atoms with Crippen LogP contribution in [-0.4, -0.2) is 81.1 Å². The first-order valence-corrected chi connectivity index (χ1v) is 14.0. The summed E-state index contributed by atoms with van der Waals surface area (Å²) in [5, 5.41) is 21.0. The number of rotatable bonds is 5. The van der Waals surface area contributed by atoms with Crippen molar-refractivity contribution in [1.29, 1.82) is 0 Å². The second kappa shape index (κ2) is 10.9. The van der Waals surface area contributed by atoms with E-state index >= 15 is 0 Å². The van der Waals surface area contributed by atoms with E-state index in [2.05, 4.69) is 10.2 Å². The number of hydrogen-bond donors (Lipinski definition) is 1. The minimum absolute atomic E-state index is 0.0215. The van der Waals surface area contributed by atoms with E-state index in [0.29, 0.717) is 9.91 Å². The third-order valence-corrected chi connectivity index (χ3v) is 9.16. The molecular formula is C27H27F5N6O4S. The van der Waals surface area contributed by atoms with E-state index in [1.54, 1.807) is 12.1 Å². The molecule has 0 atom stereocenters. The van der Waals surface area contributed by atoms with Gasteiger partial charge in [-0.2, -0.15) is 13.2 Å². The lowest BCUT2D eigenvalue weighted by Crippen LogP contribution is -2.69. The molecule has 0 bridgehead atoms. The molecule has 3 heterocycles. The van der Waals surface area contributed by atoms with Gasteiger partial charge in [0, 0.05) is 45.7 Å². The molecule has 43 heavy (non-hydrogen) atoms. The lowest BCUT2D eigenvalue weighted by molar-refractivity contribution is -0.162. The molecule has 1 aliphatic heterocycles. The Morgan fingerprint density at radius 3 is 2.47 bits per heavy atom. The molecule has 230 valence electrons. The Balaban J connectivity index is 1.43. The molecule has 2 aliphatic rings. The molecule has 1 spiro atoms. The van der Waals surface area contributed by atoms with Crippen LogP contribution in [0.25, 0.3) is 10.6 Å². The van der Waals surface area contributed by atoms with Crippen LogP contribution < -0.4 is 10.4 Å². The SMILES string of the molecule is CN(CC(F)(F)F)C(=O)C1CCC2(CC1)N(C)C(=O)c1c(O)c(=O)c(-c3nnc(Cc4ccc(F)cc4F)s3)cn1N2C. The zero-order valence-corrected chi connectivity index (χ0v) is 24.1. The van der Waals surface area contributed by atoms with E-state index in [-0.39, 0.29) is 53.9 Å². The summed E-state index contributed by atoms with van der Waals surface area (Å²) in [7, 11) is 4.25. The lowest BCUT2D eigenvalue weighted by atomic mass is 9.79. The fourth-order valence-electron chi connectivity index (χ4n) is 5.85. The molecule has 16 heteroatoms. The second-order valence-electron chi connectivity index (χ2n) is 10.8. The van der Waals surface area contributed by atoms with E-state index in [4.69, 9.17) is 0 Å². The number of halogens is 5. The van der Waals surface area contributed by atoms with Crippen LogP contribution in [0.2, 0.25) is 0 Å². The quantitative estimate of drug-likeness (QED) is 0.432. The molecule has 3 aromatic rings. The topological polar surface area (TPSA) is 112 Å². The van der Waals surface area contributed by atoms with Gasteiger partial charge >= 0.3 is 6.18 Å². The molecule has 1 aromatic carbocycles. The van der Waals surface area contributed by atoms with Gasteiger partial charge in [0.05, 0.1) is 5.56 Å². The summed E-state index contributed by atoms with van der Waals surface area (Å²) in [5.74, 6) is -4.25. The predicted octanol–water partition coefficient (Wildman–Crippen LogP) is 3.50. The number of aromatic hydroxyl groups is 1. The standard InChI is InChI=1S/C27H27F5N6O4S/c1-35(13-27(30,31)32)24(41)14-6-8-26(9-7-14)36(2)25(42)20-22(40)21(39)17(12-38(20)37(26)3)23-34-33-19(43-23)10-15-4-5-16(28)11-18(15)29/h4-5,11-12,14,40H,6-10,13H2,1-3H3. The largest absolute Gasteiger partial charge is 0.502 e. The summed E-state index contributed by atoms with van der Waals surface area (Å²) in [6.07, 6.45) is -2.32. The highest BCUT2D eigenvalue weighted by atomic mass is 32.1. The Morgan fingerprint density at radius 2 is 1.84 bits per heavy atom. The third-order valence-electron chi connectivity index (χ3n) is 8.20. The molecular weight excluding hydrogens is 599 g/mol. The molecule has 5 rings (SSSR count). The second-order valence-corrected chi connectivity index (χ2v) is 11.8. The monoisotopic (exact) mass is 626 g/mol. The van der Waals surface area contributed by atoms with Gasteiger partial charge in [-0.05, 0) is 37.3 Å². The van der Waals surface area contributed by atoms with E-state index in [1.807, 2.05) is 0 Å². The number of carbonyl (C=O) groups is 2. The van der Waals surface area contributed by atoms with Crippen molar-refractivity contribution in [2.24, 2.45) is 5.92 Å². The molecule has 0 saturated heterocycles. The third kappa shape index (κ3) is 5.43. The van der Waals surface area contributed by atoms with Crippen LogP contribution in [0.4, 0.5) is 22.0 Å². The molecule has 2 aromatic heterocycles. The Labute approximate surface area is 245 Å². The number of carbonyl (C=O) groups excluding carboxylic acids is 2. The molecule has 1 saturated carbocycles. The summed E-state index contributed by atoms with van der Waals surface area (Å²) in [5.41, 5.74) is -2.06. The highest BCUT2D eigenvalue weighted by Crippen LogP contribution is 2.42. The van der Waals surface area contributed by atoms with Crippen molar-refractivity contribution in [1.82, 2.24) is 24.7 Å². The number of alkyl halides is 3. The molecule has 0 radical (unpaired) electrons. The number of benzene rings is 1. The summed E-state index contributed by atoms with van der Waals surface area (Å²) < 4.78 is 67.2. The van der Waals surface area contributed by atoms with Crippen molar-refractivity contribution in [2.75, 3.05) is 32.7 Å². The maximum atomic E-state index is 14.2. The first-order valence-electron chi connectivity index (χ1n) is 13.2. The van der Waals surface area contributed by atoms with E-state index in [1.165, 1.54) is 28.9 Å². The van der Waals surface area contributed by atoms with Crippen LogP contribution in [0.3, 0.4) is 0 Å². The van der Waals surface area contributed by atoms with Crippen LogP contribution in [0.15, 0.2) is 29.2 Å². The van der Waals surface area contributed by atoms with Crippen molar-refractivity contribution in [3.8, 4) is 16.3 Å². The van der Waals surface area contributed by atoms with Gasteiger partial charge in [-0.1, -0.05) is 17.4 Å². The first-order chi connectivity index (χ1) is 20.1. The number of hydrogen-bond acceptors (Lipinski definition) is 8.